The lowest BCUT2D eigenvalue weighted by atomic mass is 10.1. The van der Waals surface area contributed by atoms with Crippen LogP contribution < -0.4 is 4.90 Å². The van der Waals surface area contributed by atoms with Gasteiger partial charge in [0.2, 0.25) is 0 Å². The number of fused-ring (bicyclic) bond motifs is 1. The first-order valence-corrected chi connectivity index (χ1v) is 8.33. The fourth-order valence-corrected chi connectivity index (χ4v) is 3.36. The number of benzene rings is 1. The number of hydrogen-bond donors (Lipinski definition) is 0. The number of hydrogen-bond acceptors (Lipinski definition) is 5. The SMILES string of the molecule is Cc1cc(C)cc(-n2ncc3c(N4CCN(C)CC4)ncnc32)c1. The van der Waals surface area contributed by atoms with Gasteiger partial charge in [0.05, 0.1) is 17.3 Å². The van der Waals surface area contributed by atoms with Gasteiger partial charge in [-0.15, -0.1) is 0 Å². The average Bonchev–Trinajstić information content (AvgIpc) is 2.99. The van der Waals surface area contributed by atoms with Crippen molar-refractivity contribution < 1.29 is 0 Å². The quantitative estimate of drug-likeness (QED) is 0.724. The number of anilines is 1. The number of piperazine rings is 1. The third-order valence-corrected chi connectivity index (χ3v) is 4.60. The third-order valence-electron chi connectivity index (χ3n) is 4.60. The van der Waals surface area contributed by atoms with Gasteiger partial charge in [-0.2, -0.15) is 5.10 Å². The van der Waals surface area contributed by atoms with Gasteiger partial charge in [0.15, 0.2) is 5.65 Å². The highest BCUT2D eigenvalue weighted by Crippen LogP contribution is 2.26. The number of aryl methyl sites for hydroxylation is 2. The smallest absolute Gasteiger partial charge is 0.168 e. The van der Waals surface area contributed by atoms with Crippen LogP contribution in [0.5, 0.6) is 0 Å². The zero-order chi connectivity index (χ0) is 16.7. The first-order valence-electron chi connectivity index (χ1n) is 8.33. The molecule has 1 aliphatic heterocycles. The Labute approximate surface area is 141 Å². The Balaban J connectivity index is 1.79. The molecule has 2 aromatic heterocycles. The Morgan fingerprint density at radius 3 is 2.33 bits per heavy atom. The number of nitrogens with zero attached hydrogens (tertiary/aromatic N) is 6. The molecule has 124 valence electrons. The second-order valence-corrected chi connectivity index (χ2v) is 6.63. The van der Waals surface area contributed by atoms with Crippen LogP contribution in [0.1, 0.15) is 11.1 Å². The van der Waals surface area contributed by atoms with E-state index in [2.05, 4.69) is 64.0 Å². The van der Waals surface area contributed by atoms with Crippen molar-refractivity contribution in [3.63, 3.8) is 0 Å². The minimum Gasteiger partial charge on any atom is -0.353 e. The Bertz CT molecular complexity index is 856. The minimum atomic E-state index is 0.865. The molecule has 6 heteroatoms. The number of aromatic nitrogens is 4. The summed E-state index contributed by atoms with van der Waals surface area (Å²) in [4.78, 5) is 13.7. The summed E-state index contributed by atoms with van der Waals surface area (Å²) in [6.07, 6.45) is 3.54. The summed E-state index contributed by atoms with van der Waals surface area (Å²) >= 11 is 0. The van der Waals surface area contributed by atoms with Crippen LogP contribution in [0, 0.1) is 13.8 Å². The molecule has 1 aliphatic rings. The van der Waals surface area contributed by atoms with Gasteiger partial charge >= 0.3 is 0 Å². The van der Waals surface area contributed by atoms with E-state index in [0.29, 0.717) is 0 Å². The summed E-state index contributed by atoms with van der Waals surface area (Å²) in [5, 5.41) is 5.61. The van der Waals surface area contributed by atoms with Crippen molar-refractivity contribution in [2.24, 2.45) is 0 Å². The van der Waals surface area contributed by atoms with E-state index in [1.54, 1.807) is 6.33 Å². The van der Waals surface area contributed by atoms with Gasteiger partial charge in [-0.25, -0.2) is 14.6 Å². The first kappa shape index (κ1) is 15.1. The van der Waals surface area contributed by atoms with E-state index >= 15 is 0 Å². The van der Waals surface area contributed by atoms with Crippen molar-refractivity contribution in [2.45, 2.75) is 13.8 Å². The fraction of sp³-hybridized carbons (Fsp3) is 0.389. The van der Waals surface area contributed by atoms with Crippen molar-refractivity contribution in [3.05, 3.63) is 41.9 Å². The third kappa shape index (κ3) is 2.63. The van der Waals surface area contributed by atoms with E-state index in [0.717, 1.165) is 48.7 Å². The molecule has 0 bridgehead atoms. The van der Waals surface area contributed by atoms with Gasteiger partial charge in [0.25, 0.3) is 0 Å². The molecule has 4 rings (SSSR count). The highest BCUT2D eigenvalue weighted by Gasteiger charge is 2.20. The standard InChI is InChI=1S/C18H22N6/c1-13-8-14(2)10-15(9-13)24-18-16(11-21-24)17(19-12-20-18)23-6-4-22(3)5-7-23/h8-12H,4-7H2,1-3H3. The van der Waals surface area contributed by atoms with Crippen molar-refractivity contribution in [1.29, 1.82) is 0 Å². The minimum absolute atomic E-state index is 0.865. The summed E-state index contributed by atoms with van der Waals surface area (Å²) in [5.74, 6) is 0.990. The maximum Gasteiger partial charge on any atom is 0.168 e. The van der Waals surface area contributed by atoms with Crippen molar-refractivity contribution >= 4 is 16.9 Å². The summed E-state index contributed by atoms with van der Waals surface area (Å²) in [5.41, 5.74) is 4.36. The van der Waals surface area contributed by atoms with Crippen molar-refractivity contribution in [2.75, 3.05) is 38.1 Å². The highest BCUT2D eigenvalue weighted by molar-refractivity contribution is 5.87. The maximum absolute atomic E-state index is 4.60. The predicted molar refractivity (Wildman–Crippen MR) is 95.8 cm³/mol. The Morgan fingerprint density at radius 2 is 1.62 bits per heavy atom. The van der Waals surface area contributed by atoms with Crippen LogP contribution in [-0.2, 0) is 0 Å². The lowest BCUT2D eigenvalue weighted by molar-refractivity contribution is 0.312. The van der Waals surface area contributed by atoms with Gasteiger partial charge < -0.3 is 9.80 Å². The lowest BCUT2D eigenvalue weighted by Gasteiger charge is -2.33. The van der Waals surface area contributed by atoms with Crippen LogP contribution in [0.15, 0.2) is 30.7 Å². The molecule has 0 spiro atoms. The Morgan fingerprint density at radius 1 is 0.917 bits per heavy atom. The second-order valence-electron chi connectivity index (χ2n) is 6.63. The summed E-state index contributed by atoms with van der Waals surface area (Å²) in [7, 11) is 2.16. The van der Waals surface area contributed by atoms with Gasteiger partial charge in [-0.05, 0) is 44.2 Å². The molecule has 6 nitrogen and oxygen atoms in total. The zero-order valence-electron chi connectivity index (χ0n) is 14.4. The van der Waals surface area contributed by atoms with E-state index < -0.39 is 0 Å². The molecule has 24 heavy (non-hydrogen) atoms. The molecular formula is C18H22N6. The van der Waals surface area contributed by atoms with Gasteiger partial charge in [-0.3, -0.25) is 0 Å². The van der Waals surface area contributed by atoms with E-state index in [-0.39, 0.29) is 0 Å². The van der Waals surface area contributed by atoms with E-state index in [4.69, 9.17) is 0 Å². The van der Waals surface area contributed by atoms with E-state index in [1.807, 2.05) is 10.9 Å². The highest BCUT2D eigenvalue weighted by atomic mass is 15.3. The maximum atomic E-state index is 4.60. The van der Waals surface area contributed by atoms with Gasteiger partial charge in [-0.1, -0.05) is 6.07 Å². The molecule has 0 N–H and O–H groups in total. The number of likely N-dealkylation sites (N-methyl/N-ethyl adjacent to an activating group) is 1. The molecule has 0 amide bonds. The first-order chi connectivity index (χ1) is 11.6. The largest absolute Gasteiger partial charge is 0.353 e. The average molecular weight is 322 g/mol. The van der Waals surface area contributed by atoms with Crippen LogP contribution in [0.2, 0.25) is 0 Å². The summed E-state index contributed by atoms with van der Waals surface area (Å²) in [6.45, 7) is 8.28. The molecule has 0 unspecified atom stereocenters. The van der Waals surface area contributed by atoms with Gasteiger partial charge in [0.1, 0.15) is 12.1 Å². The monoisotopic (exact) mass is 322 g/mol. The predicted octanol–water partition coefficient (Wildman–Crippen LogP) is 2.18. The molecule has 3 heterocycles. The van der Waals surface area contributed by atoms with Crippen LogP contribution in [0.3, 0.4) is 0 Å². The molecule has 0 atom stereocenters. The molecule has 0 radical (unpaired) electrons. The molecule has 0 saturated carbocycles. The lowest BCUT2D eigenvalue weighted by Crippen LogP contribution is -2.44. The molecule has 1 aromatic carbocycles. The summed E-state index contributed by atoms with van der Waals surface area (Å²) < 4.78 is 1.91. The normalized spacial score (nSPS) is 16.0. The zero-order valence-corrected chi connectivity index (χ0v) is 14.4. The molecule has 1 fully saturated rings. The molecule has 3 aromatic rings. The van der Waals surface area contributed by atoms with E-state index in [9.17, 15) is 0 Å². The Hall–Kier alpha value is -2.47. The fourth-order valence-electron chi connectivity index (χ4n) is 3.36. The number of rotatable bonds is 2. The van der Waals surface area contributed by atoms with Crippen LogP contribution >= 0.6 is 0 Å². The Kier molecular flexibility index (Phi) is 3.69. The molecule has 0 aliphatic carbocycles. The molecular weight excluding hydrogens is 300 g/mol. The second kappa shape index (κ2) is 5.87. The van der Waals surface area contributed by atoms with Crippen molar-refractivity contribution in [1.82, 2.24) is 24.6 Å². The molecule has 1 saturated heterocycles. The van der Waals surface area contributed by atoms with Crippen molar-refractivity contribution in [3.8, 4) is 5.69 Å². The van der Waals surface area contributed by atoms with Gasteiger partial charge in [0, 0.05) is 26.2 Å². The topological polar surface area (TPSA) is 50.1 Å². The van der Waals surface area contributed by atoms with E-state index in [1.165, 1.54) is 11.1 Å². The van der Waals surface area contributed by atoms with Crippen LogP contribution in [0.25, 0.3) is 16.7 Å². The van der Waals surface area contributed by atoms with Crippen LogP contribution in [0.4, 0.5) is 5.82 Å². The van der Waals surface area contributed by atoms with Crippen LogP contribution in [-0.4, -0.2) is 57.9 Å². The summed E-state index contributed by atoms with van der Waals surface area (Å²) in [6, 6.07) is 6.44.